The Morgan fingerprint density at radius 2 is 2.05 bits per heavy atom. The summed E-state index contributed by atoms with van der Waals surface area (Å²) in [5.74, 6) is 2.52. The summed E-state index contributed by atoms with van der Waals surface area (Å²) in [6.07, 6.45) is 5.30. The quantitative estimate of drug-likeness (QED) is 0.877. The monoisotopic (exact) mass is 271 g/mol. The first-order chi connectivity index (χ1) is 9.78. The Kier molecular flexibility index (Phi) is 4.11. The van der Waals surface area contributed by atoms with Crippen molar-refractivity contribution in [2.45, 2.75) is 45.4 Å². The molecule has 2 aromatic rings. The number of aryl methyl sites for hydroxylation is 1. The molecular weight excluding hydrogens is 246 g/mol. The van der Waals surface area contributed by atoms with Crippen molar-refractivity contribution in [2.24, 2.45) is 5.92 Å². The molecule has 0 bridgehead atoms. The maximum atomic E-state index is 6.14. The Hall–Kier alpha value is -1.28. The molecule has 2 heteroatoms. The van der Waals surface area contributed by atoms with Gasteiger partial charge < -0.3 is 9.73 Å². The zero-order valence-electron chi connectivity index (χ0n) is 12.6. The van der Waals surface area contributed by atoms with Crippen molar-refractivity contribution >= 4 is 11.0 Å². The lowest BCUT2D eigenvalue weighted by Crippen LogP contribution is -2.29. The zero-order valence-corrected chi connectivity index (χ0v) is 12.6. The van der Waals surface area contributed by atoms with Gasteiger partial charge in [0, 0.05) is 11.3 Å². The van der Waals surface area contributed by atoms with Gasteiger partial charge >= 0.3 is 0 Å². The van der Waals surface area contributed by atoms with Gasteiger partial charge in [0.2, 0.25) is 0 Å². The number of furan rings is 1. The minimum atomic E-state index is 0.593. The number of rotatable bonds is 4. The average molecular weight is 271 g/mol. The van der Waals surface area contributed by atoms with Crippen LogP contribution in [0.1, 0.15) is 49.8 Å². The molecule has 1 saturated carbocycles. The van der Waals surface area contributed by atoms with Crippen molar-refractivity contribution < 1.29 is 4.42 Å². The second-order valence-corrected chi connectivity index (χ2v) is 6.15. The van der Waals surface area contributed by atoms with Gasteiger partial charge in [-0.3, -0.25) is 0 Å². The van der Waals surface area contributed by atoms with Crippen LogP contribution in [0.3, 0.4) is 0 Å². The first kappa shape index (κ1) is 13.7. The molecule has 108 valence electrons. The lowest BCUT2D eigenvalue weighted by atomic mass is 9.78. The molecule has 2 atom stereocenters. The number of nitrogens with one attached hydrogen (secondary N) is 1. The van der Waals surface area contributed by atoms with Gasteiger partial charge in [0.1, 0.15) is 11.3 Å². The summed E-state index contributed by atoms with van der Waals surface area (Å²) in [6, 6.07) is 8.74. The highest BCUT2D eigenvalue weighted by atomic mass is 16.3. The predicted octanol–water partition coefficient (Wildman–Crippen LogP) is 4.62. The van der Waals surface area contributed by atoms with E-state index in [4.69, 9.17) is 4.42 Å². The van der Waals surface area contributed by atoms with Gasteiger partial charge in [-0.2, -0.15) is 0 Å². The number of hydrogen-bond acceptors (Lipinski definition) is 2. The van der Waals surface area contributed by atoms with E-state index in [0.29, 0.717) is 5.92 Å². The van der Waals surface area contributed by atoms with E-state index < -0.39 is 0 Å². The summed E-state index contributed by atoms with van der Waals surface area (Å²) in [6.45, 7) is 6.50. The van der Waals surface area contributed by atoms with Crippen LogP contribution >= 0.6 is 0 Å². The SMILES string of the molecule is CCNCC1CCCCC1c1cc2cc(C)ccc2o1. The third-order valence-electron chi connectivity index (χ3n) is 4.62. The molecule has 1 heterocycles. The third kappa shape index (κ3) is 2.76. The van der Waals surface area contributed by atoms with Gasteiger partial charge in [-0.25, -0.2) is 0 Å². The summed E-state index contributed by atoms with van der Waals surface area (Å²) in [7, 11) is 0. The Morgan fingerprint density at radius 1 is 1.20 bits per heavy atom. The smallest absolute Gasteiger partial charge is 0.134 e. The molecule has 2 nitrogen and oxygen atoms in total. The van der Waals surface area contributed by atoms with Crippen LogP contribution in [0.4, 0.5) is 0 Å². The number of benzene rings is 1. The maximum Gasteiger partial charge on any atom is 0.134 e. The highest BCUT2D eigenvalue weighted by Crippen LogP contribution is 2.39. The molecule has 1 aliphatic rings. The highest BCUT2D eigenvalue weighted by molar-refractivity contribution is 5.78. The molecule has 1 aliphatic carbocycles. The molecule has 1 N–H and O–H groups in total. The molecule has 0 saturated heterocycles. The molecule has 2 unspecified atom stereocenters. The first-order valence-corrected chi connectivity index (χ1v) is 7.98. The van der Waals surface area contributed by atoms with E-state index in [1.807, 2.05) is 0 Å². The summed E-state index contributed by atoms with van der Waals surface area (Å²) in [5.41, 5.74) is 2.34. The summed E-state index contributed by atoms with van der Waals surface area (Å²) in [5, 5.41) is 4.78. The van der Waals surface area contributed by atoms with Gasteiger partial charge in [-0.15, -0.1) is 0 Å². The summed E-state index contributed by atoms with van der Waals surface area (Å²) < 4.78 is 6.14. The average Bonchev–Trinajstić information content (AvgIpc) is 2.88. The van der Waals surface area contributed by atoms with Crippen molar-refractivity contribution in [1.29, 1.82) is 0 Å². The Bertz CT molecular complexity index is 572. The van der Waals surface area contributed by atoms with Gasteiger partial charge in [0.25, 0.3) is 0 Å². The van der Waals surface area contributed by atoms with Crippen molar-refractivity contribution in [2.75, 3.05) is 13.1 Å². The third-order valence-corrected chi connectivity index (χ3v) is 4.62. The van der Waals surface area contributed by atoms with E-state index >= 15 is 0 Å². The van der Waals surface area contributed by atoms with Crippen molar-refractivity contribution in [3.63, 3.8) is 0 Å². The fourth-order valence-corrected chi connectivity index (χ4v) is 3.52. The second kappa shape index (κ2) is 6.01. The Morgan fingerprint density at radius 3 is 2.90 bits per heavy atom. The van der Waals surface area contributed by atoms with Crippen LogP contribution in [0, 0.1) is 12.8 Å². The Labute approximate surface area is 121 Å². The van der Waals surface area contributed by atoms with Crippen LogP contribution in [0.5, 0.6) is 0 Å². The molecule has 0 radical (unpaired) electrons. The summed E-state index contributed by atoms with van der Waals surface area (Å²) >= 11 is 0. The fourth-order valence-electron chi connectivity index (χ4n) is 3.52. The largest absolute Gasteiger partial charge is 0.461 e. The van der Waals surface area contributed by atoms with Gasteiger partial charge in [0.05, 0.1) is 0 Å². The van der Waals surface area contributed by atoms with Crippen LogP contribution in [0.2, 0.25) is 0 Å². The predicted molar refractivity (Wildman–Crippen MR) is 84.2 cm³/mol. The second-order valence-electron chi connectivity index (χ2n) is 6.15. The van der Waals surface area contributed by atoms with Gasteiger partial charge in [-0.1, -0.05) is 31.4 Å². The van der Waals surface area contributed by atoms with E-state index in [9.17, 15) is 0 Å². The van der Waals surface area contributed by atoms with Gasteiger partial charge in [-0.05, 0) is 57.0 Å². The minimum absolute atomic E-state index is 0.593. The normalized spacial score (nSPS) is 23.3. The minimum Gasteiger partial charge on any atom is -0.461 e. The molecule has 1 fully saturated rings. The highest BCUT2D eigenvalue weighted by Gasteiger charge is 2.28. The molecule has 0 amide bonds. The molecule has 0 aliphatic heterocycles. The van der Waals surface area contributed by atoms with Crippen LogP contribution in [-0.2, 0) is 0 Å². The lowest BCUT2D eigenvalue weighted by Gasteiger charge is -2.30. The van der Waals surface area contributed by atoms with Crippen molar-refractivity contribution in [3.05, 3.63) is 35.6 Å². The lowest BCUT2D eigenvalue weighted by molar-refractivity contribution is 0.269. The molecule has 3 rings (SSSR count). The topological polar surface area (TPSA) is 25.2 Å². The summed E-state index contributed by atoms with van der Waals surface area (Å²) in [4.78, 5) is 0. The van der Waals surface area contributed by atoms with Crippen LogP contribution < -0.4 is 5.32 Å². The molecule has 0 spiro atoms. The van der Waals surface area contributed by atoms with E-state index in [-0.39, 0.29) is 0 Å². The maximum absolute atomic E-state index is 6.14. The molecule has 20 heavy (non-hydrogen) atoms. The van der Waals surface area contributed by atoms with Crippen LogP contribution in [-0.4, -0.2) is 13.1 Å². The molecule has 1 aromatic heterocycles. The number of hydrogen-bond donors (Lipinski definition) is 1. The van der Waals surface area contributed by atoms with Crippen LogP contribution in [0.15, 0.2) is 28.7 Å². The molecular formula is C18H25NO. The van der Waals surface area contributed by atoms with Crippen molar-refractivity contribution in [3.8, 4) is 0 Å². The first-order valence-electron chi connectivity index (χ1n) is 7.98. The van der Waals surface area contributed by atoms with E-state index in [0.717, 1.165) is 24.6 Å². The standard InChI is InChI=1S/C18H25NO/c1-3-19-12-14-6-4-5-7-16(14)18-11-15-10-13(2)8-9-17(15)20-18/h8-11,14,16,19H,3-7,12H2,1-2H3. The fraction of sp³-hybridized carbons (Fsp3) is 0.556. The Balaban J connectivity index is 1.86. The van der Waals surface area contributed by atoms with Crippen molar-refractivity contribution in [1.82, 2.24) is 5.32 Å². The zero-order chi connectivity index (χ0) is 13.9. The molecule has 1 aromatic carbocycles. The van der Waals surface area contributed by atoms with E-state index in [2.05, 4.69) is 43.4 Å². The van der Waals surface area contributed by atoms with E-state index in [1.54, 1.807) is 0 Å². The van der Waals surface area contributed by atoms with E-state index in [1.165, 1.54) is 42.4 Å². The number of fused-ring (bicyclic) bond motifs is 1. The van der Waals surface area contributed by atoms with Gasteiger partial charge in [0.15, 0.2) is 0 Å². The van der Waals surface area contributed by atoms with Crippen LogP contribution in [0.25, 0.3) is 11.0 Å².